The average molecular weight is 377 g/mol. The Labute approximate surface area is 160 Å². The van der Waals surface area contributed by atoms with E-state index in [4.69, 9.17) is 5.73 Å². The molecule has 4 aromatic rings. The molecule has 2 aromatic heterocycles. The summed E-state index contributed by atoms with van der Waals surface area (Å²) < 4.78 is 0. The minimum atomic E-state index is -0.0826. The van der Waals surface area contributed by atoms with Crippen molar-refractivity contribution >= 4 is 44.8 Å². The monoisotopic (exact) mass is 377 g/mol. The molecule has 0 atom stereocenters. The van der Waals surface area contributed by atoms with Crippen molar-refractivity contribution in [3.05, 3.63) is 63.8 Å². The van der Waals surface area contributed by atoms with Gasteiger partial charge in [-0.15, -0.1) is 0 Å². The fourth-order valence-corrected chi connectivity index (χ4v) is 3.95. The Morgan fingerprint density at radius 1 is 1.15 bits per heavy atom. The highest BCUT2D eigenvalue weighted by atomic mass is 32.1. The number of benzene rings is 2. The molecule has 6 nitrogen and oxygen atoms in total. The van der Waals surface area contributed by atoms with Crippen molar-refractivity contribution in [2.75, 3.05) is 11.1 Å². The minimum Gasteiger partial charge on any atom is -0.382 e. The van der Waals surface area contributed by atoms with Crippen LogP contribution in [0.25, 0.3) is 11.0 Å². The molecule has 0 aliphatic carbocycles. The lowest BCUT2D eigenvalue weighted by atomic mass is 9.95. The van der Waals surface area contributed by atoms with Gasteiger partial charge >= 0.3 is 0 Å². The highest BCUT2D eigenvalue weighted by Gasteiger charge is 2.22. The number of aromatic nitrogens is 3. The first-order valence-electron chi connectivity index (χ1n) is 8.52. The van der Waals surface area contributed by atoms with Gasteiger partial charge in [0, 0.05) is 11.3 Å². The summed E-state index contributed by atoms with van der Waals surface area (Å²) in [4.78, 5) is 25.2. The van der Waals surface area contributed by atoms with Crippen LogP contribution in [-0.2, 0) is 0 Å². The third-order valence-electron chi connectivity index (χ3n) is 4.70. The molecule has 2 aromatic carbocycles. The summed E-state index contributed by atoms with van der Waals surface area (Å²) in [5, 5.41) is 3.80. The summed E-state index contributed by atoms with van der Waals surface area (Å²) in [7, 11) is 0. The van der Waals surface area contributed by atoms with E-state index in [1.54, 1.807) is 6.33 Å². The molecule has 4 rings (SSSR count). The van der Waals surface area contributed by atoms with Crippen LogP contribution < -0.4 is 11.1 Å². The average Bonchev–Trinajstić information content (AvgIpc) is 3.24. The van der Waals surface area contributed by atoms with Crippen LogP contribution in [0, 0.1) is 20.8 Å². The molecule has 0 saturated heterocycles. The number of hydrogen-bond donors (Lipinski definition) is 3. The molecule has 0 saturated carbocycles. The number of aryl methyl sites for hydroxylation is 2. The fraction of sp³-hybridized carbons (Fsp3) is 0.150. The normalized spacial score (nSPS) is 11.1. The van der Waals surface area contributed by atoms with Crippen molar-refractivity contribution in [2.45, 2.75) is 20.8 Å². The van der Waals surface area contributed by atoms with Crippen LogP contribution in [-0.4, -0.2) is 20.7 Å². The molecule has 0 bridgehead atoms. The summed E-state index contributed by atoms with van der Waals surface area (Å²) in [5.41, 5.74) is 12.4. The highest BCUT2D eigenvalue weighted by molar-refractivity contribution is 7.18. The van der Waals surface area contributed by atoms with Crippen LogP contribution in [0.1, 0.15) is 31.9 Å². The number of ketones is 1. The van der Waals surface area contributed by atoms with Crippen molar-refractivity contribution in [2.24, 2.45) is 0 Å². The number of nitrogens with two attached hydrogens (primary N) is 1. The zero-order valence-corrected chi connectivity index (χ0v) is 16.1. The number of rotatable bonds is 4. The van der Waals surface area contributed by atoms with E-state index in [1.807, 2.05) is 51.1 Å². The third kappa shape index (κ3) is 3.06. The maximum atomic E-state index is 13.1. The van der Waals surface area contributed by atoms with Crippen molar-refractivity contribution in [3.63, 3.8) is 0 Å². The molecule has 0 amide bonds. The van der Waals surface area contributed by atoms with Crippen LogP contribution in [0.5, 0.6) is 0 Å². The first kappa shape index (κ1) is 17.2. The third-order valence-corrected chi connectivity index (χ3v) is 5.69. The highest BCUT2D eigenvalue weighted by Crippen LogP contribution is 2.32. The Kier molecular flexibility index (Phi) is 4.16. The van der Waals surface area contributed by atoms with E-state index < -0.39 is 0 Å². The number of thiazole rings is 1. The van der Waals surface area contributed by atoms with Gasteiger partial charge in [-0.1, -0.05) is 23.5 Å². The van der Waals surface area contributed by atoms with E-state index in [9.17, 15) is 4.79 Å². The number of anilines is 3. The van der Waals surface area contributed by atoms with Gasteiger partial charge in [0.15, 0.2) is 5.13 Å². The maximum absolute atomic E-state index is 13.1. The quantitative estimate of drug-likeness (QED) is 0.455. The Balaban J connectivity index is 1.67. The van der Waals surface area contributed by atoms with E-state index >= 15 is 0 Å². The Morgan fingerprint density at radius 2 is 1.93 bits per heavy atom. The molecule has 0 radical (unpaired) electrons. The molecule has 0 unspecified atom stereocenters. The standard InChI is InChI=1S/C20H19N5OS/c1-10-4-5-11(2)16(12(10)3)17(26)18-19(21)25-20(27-18)24-13-6-7-14-15(8-13)23-9-22-14/h4-9H,21H2,1-3H3,(H,22,23)(H,24,25). The number of nitrogens with one attached hydrogen (secondary N) is 2. The number of carbonyl (C=O) groups is 1. The van der Waals surface area contributed by atoms with Crippen molar-refractivity contribution in [3.8, 4) is 0 Å². The second-order valence-electron chi connectivity index (χ2n) is 6.52. The van der Waals surface area contributed by atoms with Crippen LogP contribution in [0.2, 0.25) is 0 Å². The Bertz CT molecular complexity index is 1170. The lowest BCUT2D eigenvalue weighted by Gasteiger charge is -2.10. The van der Waals surface area contributed by atoms with Crippen molar-refractivity contribution in [1.29, 1.82) is 0 Å². The zero-order valence-electron chi connectivity index (χ0n) is 15.3. The zero-order chi connectivity index (χ0) is 19.1. The number of nitrogens with zero attached hydrogens (tertiary/aromatic N) is 2. The first-order chi connectivity index (χ1) is 12.9. The predicted octanol–water partition coefficient (Wildman–Crippen LogP) is 4.50. The maximum Gasteiger partial charge on any atom is 0.207 e. The molecule has 4 N–H and O–H groups in total. The van der Waals surface area contributed by atoms with Gasteiger partial charge in [-0.05, 0) is 55.7 Å². The van der Waals surface area contributed by atoms with Gasteiger partial charge in [-0.2, -0.15) is 0 Å². The molecule has 0 aliphatic heterocycles. The lowest BCUT2D eigenvalue weighted by molar-refractivity contribution is 0.104. The number of nitrogen functional groups attached to an aromatic ring is 1. The van der Waals surface area contributed by atoms with Crippen LogP contribution in [0.4, 0.5) is 16.6 Å². The van der Waals surface area contributed by atoms with E-state index in [1.165, 1.54) is 11.3 Å². The van der Waals surface area contributed by atoms with E-state index in [-0.39, 0.29) is 11.6 Å². The van der Waals surface area contributed by atoms with Gasteiger partial charge < -0.3 is 16.0 Å². The smallest absolute Gasteiger partial charge is 0.207 e. The summed E-state index contributed by atoms with van der Waals surface area (Å²) in [5.74, 6) is 0.163. The van der Waals surface area contributed by atoms with Crippen molar-refractivity contribution in [1.82, 2.24) is 15.0 Å². The summed E-state index contributed by atoms with van der Waals surface area (Å²) in [6.07, 6.45) is 1.65. The van der Waals surface area contributed by atoms with E-state index in [2.05, 4.69) is 20.3 Å². The van der Waals surface area contributed by atoms with Gasteiger partial charge in [0.1, 0.15) is 10.7 Å². The first-order valence-corrected chi connectivity index (χ1v) is 9.33. The second kappa shape index (κ2) is 6.51. The number of H-pyrrole nitrogens is 1. The van der Waals surface area contributed by atoms with Crippen LogP contribution >= 0.6 is 11.3 Å². The molecular formula is C20H19N5OS. The summed E-state index contributed by atoms with van der Waals surface area (Å²) in [6, 6.07) is 9.76. The van der Waals surface area contributed by atoms with Crippen LogP contribution in [0.3, 0.4) is 0 Å². The Hall–Kier alpha value is -3.19. The van der Waals surface area contributed by atoms with Gasteiger partial charge in [0.2, 0.25) is 5.78 Å². The molecule has 0 spiro atoms. The molecule has 0 aliphatic rings. The molecule has 0 fully saturated rings. The molecule has 2 heterocycles. The molecular weight excluding hydrogens is 358 g/mol. The Morgan fingerprint density at radius 3 is 2.74 bits per heavy atom. The molecule has 136 valence electrons. The van der Waals surface area contributed by atoms with Gasteiger partial charge in [-0.25, -0.2) is 9.97 Å². The van der Waals surface area contributed by atoms with E-state index in [0.717, 1.165) is 33.4 Å². The summed E-state index contributed by atoms with van der Waals surface area (Å²) >= 11 is 1.27. The predicted molar refractivity (Wildman–Crippen MR) is 110 cm³/mol. The number of imidazole rings is 1. The largest absolute Gasteiger partial charge is 0.382 e. The van der Waals surface area contributed by atoms with Gasteiger partial charge in [-0.3, -0.25) is 4.79 Å². The van der Waals surface area contributed by atoms with Gasteiger partial charge in [0.05, 0.1) is 17.4 Å². The number of hydrogen-bond acceptors (Lipinski definition) is 6. The fourth-order valence-electron chi connectivity index (χ4n) is 3.10. The van der Waals surface area contributed by atoms with Crippen LogP contribution in [0.15, 0.2) is 36.7 Å². The SMILES string of the molecule is Cc1ccc(C)c(C(=O)c2sc(Nc3ccc4nc[nH]c4c3)nc2N)c1C. The second-order valence-corrected chi connectivity index (χ2v) is 7.52. The summed E-state index contributed by atoms with van der Waals surface area (Å²) in [6.45, 7) is 5.90. The molecule has 27 heavy (non-hydrogen) atoms. The number of fused-ring (bicyclic) bond motifs is 1. The number of aromatic amines is 1. The van der Waals surface area contributed by atoms with Crippen molar-refractivity contribution < 1.29 is 4.79 Å². The molecule has 7 heteroatoms. The van der Waals surface area contributed by atoms with Gasteiger partial charge in [0.25, 0.3) is 0 Å². The van der Waals surface area contributed by atoms with E-state index in [0.29, 0.717) is 15.6 Å². The lowest BCUT2D eigenvalue weighted by Crippen LogP contribution is -2.08. The topological polar surface area (TPSA) is 96.7 Å². The minimum absolute atomic E-state index is 0.0826. The number of carbonyl (C=O) groups excluding carboxylic acids is 1.